The molecule has 1 heterocycles. The highest BCUT2D eigenvalue weighted by atomic mass is 16.2. The average Bonchev–Trinajstić information content (AvgIpc) is 2.95. The normalized spacial score (nSPS) is 11.9. The minimum Gasteiger partial charge on any atom is -0.355 e. The molecule has 1 aromatic rings. The van der Waals surface area contributed by atoms with Crippen molar-refractivity contribution in [1.29, 1.82) is 0 Å². The molecule has 24 heavy (non-hydrogen) atoms. The zero-order chi connectivity index (χ0) is 18.0. The van der Waals surface area contributed by atoms with Gasteiger partial charge in [-0.25, -0.2) is 4.99 Å². The number of aromatic nitrogens is 3. The van der Waals surface area contributed by atoms with Crippen molar-refractivity contribution in [3.8, 4) is 0 Å². The van der Waals surface area contributed by atoms with Gasteiger partial charge >= 0.3 is 0 Å². The summed E-state index contributed by atoms with van der Waals surface area (Å²) < 4.78 is 1.99. The first-order chi connectivity index (χ1) is 11.4. The number of guanidine groups is 1. The smallest absolute Gasteiger partial charge is 0.242 e. The molecule has 1 rings (SSSR count). The van der Waals surface area contributed by atoms with Crippen LogP contribution in [0.25, 0.3) is 0 Å². The van der Waals surface area contributed by atoms with Gasteiger partial charge in [0.25, 0.3) is 0 Å². The Kier molecular flexibility index (Phi) is 7.94. The number of rotatable bonds is 8. The lowest BCUT2D eigenvalue weighted by molar-refractivity contribution is -0.121. The van der Waals surface area contributed by atoms with Crippen molar-refractivity contribution in [2.45, 2.75) is 46.2 Å². The first-order valence-electron chi connectivity index (χ1n) is 8.16. The average molecular weight is 335 g/mol. The van der Waals surface area contributed by atoms with E-state index in [1.54, 1.807) is 12.4 Å². The van der Waals surface area contributed by atoms with E-state index >= 15 is 0 Å². The summed E-state index contributed by atoms with van der Waals surface area (Å²) in [5.74, 6) is 1.40. The van der Waals surface area contributed by atoms with Crippen LogP contribution in [0.1, 0.15) is 33.5 Å². The van der Waals surface area contributed by atoms with Crippen LogP contribution < -0.4 is 16.0 Å². The Morgan fingerprint density at radius 2 is 2.17 bits per heavy atom. The largest absolute Gasteiger partial charge is 0.355 e. The first-order valence-corrected chi connectivity index (χ1v) is 8.16. The summed E-state index contributed by atoms with van der Waals surface area (Å²) in [6.07, 6.45) is 4.29. The Labute approximate surface area is 143 Å². The fraction of sp³-hybridized carbons (Fsp3) is 0.625. The molecular formula is C16H29N7O. The lowest BCUT2D eigenvalue weighted by Crippen LogP contribution is -2.43. The topological polar surface area (TPSA) is 96.2 Å². The van der Waals surface area contributed by atoms with Crippen molar-refractivity contribution < 1.29 is 4.79 Å². The summed E-state index contributed by atoms with van der Waals surface area (Å²) in [6.45, 7) is 13.5. The molecule has 3 N–H and O–H groups in total. The second-order valence-corrected chi connectivity index (χ2v) is 6.35. The van der Waals surface area contributed by atoms with Crippen molar-refractivity contribution in [3.05, 3.63) is 24.8 Å². The van der Waals surface area contributed by atoms with E-state index in [0.29, 0.717) is 19.0 Å². The van der Waals surface area contributed by atoms with Gasteiger partial charge in [0.2, 0.25) is 5.91 Å². The van der Waals surface area contributed by atoms with Gasteiger partial charge in [0.15, 0.2) is 5.96 Å². The highest BCUT2D eigenvalue weighted by molar-refractivity contribution is 5.85. The first kappa shape index (κ1) is 19.7. The number of amides is 1. The molecule has 0 bridgehead atoms. The SMILES string of the molecule is C=CCNC(=NCC(=O)NC(C)(C)C)NCCn1cnnc1CC. The lowest BCUT2D eigenvalue weighted by Gasteiger charge is -2.20. The van der Waals surface area contributed by atoms with Crippen molar-refractivity contribution in [2.75, 3.05) is 19.6 Å². The van der Waals surface area contributed by atoms with Crippen LogP contribution in [0.5, 0.6) is 0 Å². The van der Waals surface area contributed by atoms with E-state index in [1.165, 1.54) is 0 Å². The number of aryl methyl sites for hydroxylation is 1. The minimum absolute atomic E-state index is 0.0661. The van der Waals surface area contributed by atoms with E-state index in [0.717, 1.165) is 18.8 Å². The highest BCUT2D eigenvalue weighted by Gasteiger charge is 2.13. The van der Waals surface area contributed by atoms with Crippen LogP contribution in [0.3, 0.4) is 0 Å². The number of nitrogens with one attached hydrogen (secondary N) is 3. The summed E-state index contributed by atoms with van der Waals surface area (Å²) >= 11 is 0. The molecule has 0 aromatic carbocycles. The van der Waals surface area contributed by atoms with Crippen LogP contribution >= 0.6 is 0 Å². The molecular weight excluding hydrogens is 306 g/mol. The zero-order valence-corrected chi connectivity index (χ0v) is 15.1. The van der Waals surface area contributed by atoms with E-state index < -0.39 is 0 Å². The van der Waals surface area contributed by atoms with Gasteiger partial charge in [0.1, 0.15) is 18.7 Å². The van der Waals surface area contributed by atoms with E-state index in [-0.39, 0.29) is 18.0 Å². The van der Waals surface area contributed by atoms with Crippen molar-refractivity contribution in [2.24, 2.45) is 4.99 Å². The van der Waals surface area contributed by atoms with Crippen LogP contribution in [0.2, 0.25) is 0 Å². The van der Waals surface area contributed by atoms with Gasteiger partial charge in [0.05, 0.1) is 0 Å². The molecule has 134 valence electrons. The predicted octanol–water partition coefficient (Wildman–Crippen LogP) is 0.476. The zero-order valence-electron chi connectivity index (χ0n) is 15.1. The summed E-state index contributed by atoms with van der Waals surface area (Å²) in [5, 5.41) is 17.1. The monoisotopic (exact) mass is 335 g/mol. The van der Waals surface area contributed by atoms with Gasteiger partial charge in [-0.3, -0.25) is 4.79 Å². The molecule has 0 aliphatic rings. The third kappa shape index (κ3) is 7.75. The second kappa shape index (κ2) is 9.69. The second-order valence-electron chi connectivity index (χ2n) is 6.35. The number of hydrogen-bond acceptors (Lipinski definition) is 4. The summed E-state index contributed by atoms with van der Waals surface area (Å²) in [5.41, 5.74) is -0.264. The fourth-order valence-electron chi connectivity index (χ4n) is 1.99. The van der Waals surface area contributed by atoms with Crippen molar-refractivity contribution in [3.63, 3.8) is 0 Å². The van der Waals surface area contributed by atoms with Crippen LogP contribution in [0.4, 0.5) is 0 Å². The molecule has 1 aromatic heterocycles. The Morgan fingerprint density at radius 3 is 2.79 bits per heavy atom. The van der Waals surface area contributed by atoms with E-state index in [1.807, 2.05) is 32.3 Å². The highest BCUT2D eigenvalue weighted by Crippen LogP contribution is 1.97. The molecule has 0 saturated heterocycles. The van der Waals surface area contributed by atoms with Gasteiger partial charge in [0, 0.05) is 31.6 Å². The van der Waals surface area contributed by atoms with E-state index in [2.05, 4.69) is 37.7 Å². The quantitative estimate of drug-likeness (QED) is 0.365. The molecule has 0 spiro atoms. The molecule has 0 fully saturated rings. The number of aliphatic imine (C=N–C) groups is 1. The van der Waals surface area contributed by atoms with Crippen molar-refractivity contribution in [1.82, 2.24) is 30.7 Å². The number of nitrogens with zero attached hydrogens (tertiary/aromatic N) is 4. The Morgan fingerprint density at radius 1 is 1.42 bits per heavy atom. The number of carbonyl (C=O) groups excluding carboxylic acids is 1. The molecule has 8 nitrogen and oxygen atoms in total. The Balaban J connectivity index is 2.53. The summed E-state index contributed by atoms with van der Waals surface area (Å²) in [7, 11) is 0. The number of hydrogen-bond donors (Lipinski definition) is 3. The third-order valence-electron chi connectivity index (χ3n) is 2.97. The molecule has 0 aliphatic heterocycles. The minimum atomic E-state index is -0.264. The lowest BCUT2D eigenvalue weighted by atomic mass is 10.1. The van der Waals surface area contributed by atoms with Gasteiger partial charge in [-0.05, 0) is 20.8 Å². The fourth-order valence-corrected chi connectivity index (χ4v) is 1.99. The standard InChI is InChI=1S/C16H29N7O/c1-6-8-17-15(19-11-14(24)21-16(3,4)5)18-9-10-23-12-20-22-13(23)7-2/h6,12H,1,7-11H2,2-5H3,(H,21,24)(H2,17,18,19). The molecule has 0 unspecified atom stereocenters. The Hall–Kier alpha value is -2.38. The molecule has 0 saturated carbocycles. The van der Waals surface area contributed by atoms with Gasteiger partial charge < -0.3 is 20.5 Å². The third-order valence-corrected chi connectivity index (χ3v) is 2.97. The maximum atomic E-state index is 11.9. The summed E-state index contributed by atoms with van der Waals surface area (Å²) in [6, 6.07) is 0. The predicted molar refractivity (Wildman–Crippen MR) is 95.8 cm³/mol. The molecule has 0 radical (unpaired) electrons. The molecule has 8 heteroatoms. The van der Waals surface area contributed by atoms with Gasteiger partial charge in [-0.1, -0.05) is 13.0 Å². The van der Waals surface area contributed by atoms with Crippen LogP contribution in [-0.2, 0) is 17.8 Å². The summed E-state index contributed by atoms with van der Waals surface area (Å²) in [4.78, 5) is 16.2. The van der Waals surface area contributed by atoms with E-state index in [9.17, 15) is 4.79 Å². The molecule has 1 amide bonds. The molecule has 0 atom stereocenters. The van der Waals surface area contributed by atoms with Crippen molar-refractivity contribution >= 4 is 11.9 Å². The maximum Gasteiger partial charge on any atom is 0.242 e. The maximum absolute atomic E-state index is 11.9. The van der Waals surface area contributed by atoms with Gasteiger partial charge in [-0.2, -0.15) is 0 Å². The number of carbonyl (C=O) groups is 1. The van der Waals surface area contributed by atoms with Crippen LogP contribution in [-0.4, -0.2) is 51.8 Å². The van der Waals surface area contributed by atoms with Gasteiger partial charge in [-0.15, -0.1) is 16.8 Å². The van der Waals surface area contributed by atoms with Crippen LogP contribution in [0.15, 0.2) is 24.0 Å². The van der Waals surface area contributed by atoms with E-state index in [4.69, 9.17) is 0 Å². The molecule has 0 aliphatic carbocycles. The van der Waals surface area contributed by atoms with Crippen LogP contribution in [0, 0.1) is 0 Å². The Bertz CT molecular complexity index is 557.